The number of allylic oxidation sites excluding steroid dienone is 1. The molecule has 92 valence electrons. The van der Waals surface area contributed by atoms with Gasteiger partial charge in [-0.15, -0.1) is 0 Å². The zero-order valence-corrected chi connectivity index (χ0v) is 10.8. The van der Waals surface area contributed by atoms with Crippen LogP contribution in [-0.2, 0) is 6.42 Å². The molecular formula is C15H20O2. The van der Waals surface area contributed by atoms with Gasteiger partial charge >= 0.3 is 0 Å². The van der Waals surface area contributed by atoms with Crippen molar-refractivity contribution in [3.8, 4) is 11.5 Å². The molecular weight excluding hydrogens is 212 g/mol. The Morgan fingerprint density at radius 1 is 1.29 bits per heavy atom. The summed E-state index contributed by atoms with van der Waals surface area (Å²) in [6.07, 6.45) is 5.31. The quantitative estimate of drug-likeness (QED) is 0.856. The van der Waals surface area contributed by atoms with Crippen LogP contribution in [-0.4, -0.2) is 11.2 Å². The normalized spacial score (nSPS) is 18.3. The maximum atomic E-state index is 9.74. The second-order valence-corrected chi connectivity index (χ2v) is 4.64. The molecule has 1 N–H and O–H groups in total. The lowest BCUT2D eigenvalue weighted by Gasteiger charge is -2.25. The van der Waals surface area contributed by atoms with Crippen molar-refractivity contribution in [3.63, 3.8) is 0 Å². The van der Waals surface area contributed by atoms with Crippen molar-refractivity contribution in [2.45, 2.75) is 46.1 Å². The van der Waals surface area contributed by atoms with E-state index in [1.165, 1.54) is 16.7 Å². The molecule has 2 heteroatoms. The number of benzene rings is 1. The van der Waals surface area contributed by atoms with Crippen molar-refractivity contribution < 1.29 is 9.84 Å². The third kappa shape index (κ3) is 2.31. The summed E-state index contributed by atoms with van der Waals surface area (Å²) in [5.41, 5.74) is 3.63. The van der Waals surface area contributed by atoms with Crippen LogP contribution in [0.2, 0.25) is 0 Å². The minimum Gasteiger partial charge on any atom is -0.508 e. The zero-order valence-electron chi connectivity index (χ0n) is 10.8. The Morgan fingerprint density at radius 3 is 2.71 bits per heavy atom. The lowest BCUT2D eigenvalue weighted by molar-refractivity contribution is 0.239. The van der Waals surface area contributed by atoms with Gasteiger partial charge in [0.25, 0.3) is 0 Å². The summed E-state index contributed by atoms with van der Waals surface area (Å²) < 4.78 is 5.88. The maximum Gasteiger partial charge on any atom is 0.131 e. The monoisotopic (exact) mass is 232 g/mol. The van der Waals surface area contributed by atoms with Crippen molar-refractivity contribution in [1.82, 2.24) is 0 Å². The first-order valence-corrected chi connectivity index (χ1v) is 6.37. The zero-order chi connectivity index (χ0) is 12.4. The predicted molar refractivity (Wildman–Crippen MR) is 70.5 cm³/mol. The van der Waals surface area contributed by atoms with Crippen LogP contribution < -0.4 is 4.74 Å². The topological polar surface area (TPSA) is 29.5 Å². The summed E-state index contributed by atoms with van der Waals surface area (Å²) in [5.74, 6) is 1.14. The molecule has 0 saturated heterocycles. The molecule has 1 aliphatic heterocycles. The number of phenols is 1. The average molecular weight is 232 g/mol. The smallest absolute Gasteiger partial charge is 0.131 e. The van der Waals surface area contributed by atoms with Gasteiger partial charge in [0.05, 0.1) is 0 Å². The lowest BCUT2D eigenvalue weighted by Crippen LogP contribution is -2.18. The standard InChI is InChI=1S/C15H20O2/c1-4-6-11-8-12(16)9-14-15(11)10(3)7-13(5-2)17-14/h7-9,13,16H,4-6H2,1-3H3. The molecule has 1 unspecified atom stereocenters. The second-order valence-electron chi connectivity index (χ2n) is 4.64. The summed E-state index contributed by atoms with van der Waals surface area (Å²) >= 11 is 0. The highest BCUT2D eigenvalue weighted by atomic mass is 16.5. The summed E-state index contributed by atoms with van der Waals surface area (Å²) in [4.78, 5) is 0. The van der Waals surface area contributed by atoms with Gasteiger partial charge in [-0.25, -0.2) is 0 Å². The molecule has 2 rings (SSSR count). The van der Waals surface area contributed by atoms with Crippen molar-refractivity contribution in [2.24, 2.45) is 0 Å². The van der Waals surface area contributed by atoms with Crippen LogP contribution in [0.5, 0.6) is 11.5 Å². The van der Waals surface area contributed by atoms with Crippen LogP contribution in [0.1, 0.15) is 44.7 Å². The van der Waals surface area contributed by atoms with Gasteiger partial charge in [0, 0.05) is 11.6 Å². The molecule has 17 heavy (non-hydrogen) atoms. The maximum absolute atomic E-state index is 9.74. The van der Waals surface area contributed by atoms with Gasteiger partial charge in [-0.3, -0.25) is 0 Å². The summed E-state index contributed by atoms with van der Waals surface area (Å²) in [6, 6.07) is 3.59. The van der Waals surface area contributed by atoms with Crippen LogP contribution in [0.15, 0.2) is 18.2 Å². The van der Waals surface area contributed by atoms with E-state index in [0.717, 1.165) is 25.0 Å². The number of aryl methyl sites for hydroxylation is 1. The van der Waals surface area contributed by atoms with Crippen LogP contribution in [0.3, 0.4) is 0 Å². The van der Waals surface area contributed by atoms with E-state index < -0.39 is 0 Å². The molecule has 0 saturated carbocycles. The minimum absolute atomic E-state index is 0.138. The Balaban J connectivity index is 2.50. The highest BCUT2D eigenvalue weighted by molar-refractivity contribution is 5.75. The largest absolute Gasteiger partial charge is 0.508 e. The molecule has 0 radical (unpaired) electrons. The fourth-order valence-corrected chi connectivity index (χ4v) is 2.42. The number of aromatic hydroxyl groups is 1. The number of rotatable bonds is 3. The molecule has 0 amide bonds. The van der Waals surface area contributed by atoms with Gasteiger partial charge < -0.3 is 9.84 Å². The Hall–Kier alpha value is -1.44. The van der Waals surface area contributed by atoms with E-state index in [0.29, 0.717) is 5.75 Å². The molecule has 0 aliphatic carbocycles. The summed E-state index contributed by atoms with van der Waals surface area (Å²) in [5, 5.41) is 9.74. The SMILES string of the molecule is CCCc1cc(O)cc2c1C(C)=CC(CC)O2. The first-order chi connectivity index (χ1) is 8.15. The Bertz CT molecular complexity index is 446. The minimum atomic E-state index is 0.138. The van der Waals surface area contributed by atoms with E-state index in [1.54, 1.807) is 6.07 Å². The number of fused-ring (bicyclic) bond motifs is 1. The van der Waals surface area contributed by atoms with Crippen molar-refractivity contribution in [2.75, 3.05) is 0 Å². The fourth-order valence-electron chi connectivity index (χ4n) is 2.42. The van der Waals surface area contributed by atoms with E-state index in [4.69, 9.17) is 4.74 Å². The molecule has 0 aromatic heterocycles. The highest BCUT2D eigenvalue weighted by Gasteiger charge is 2.20. The Morgan fingerprint density at radius 2 is 2.06 bits per heavy atom. The van der Waals surface area contributed by atoms with Crippen LogP contribution in [0.4, 0.5) is 0 Å². The second kappa shape index (κ2) is 4.82. The van der Waals surface area contributed by atoms with Gasteiger partial charge in [-0.05, 0) is 43.0 Å². The number of phenolic OH excluding ortho intramolecular Hbond substituents is 1. The Kier molecular flexibility index (Phi) is 3.41. The molecule has 1 atom stereocenters. The molecule has 0 spiro atoms. The van der Waals surface area contributed by atoms with Crippen LogP contribution in [0.25, 0.3) is 5.57 Å². The Labute approximate surface area is 103 Å². The highest BCUT2D eigenvalue weighted by Crippen LogP contribution is 2.38. The third-order valence-electron chi connectivity index (χ3n) is 3.20. The van der Waals surface area contributed by atoms with Crippen LogP contribution in [0, 0.1) is 0 Å². The van der Waals surface area contributed by atoms with Gasteiger partial charge in [0.15, 0.2) is 0 Å². The molecule has 1 aromatic carbocycles. The first kappa shape index (κ1) is 12.0. The summed E-state index contributed by atoms with van der Waals surface area (Å²) in [7, 11) is 0. The van der Waals surface area contributed by atoms with Gasteiger partial charge in [-0.1, -0.05) is 20.3 Å². The summed E-state index contributed by atoms with van der Waals surface area (Å²) in [6.45, 7) is 6.38. The molecule has 0 fully saturated rings. The first-order valence-electron chi connectivity index (χ1n) is 6.37. The molecule has 2 nitrogen and oxygen atoms in total. The van der Waals surface area contributed by atoms with Gasteiger partial charge in [-0.2, -0.15) is 0 Å². The fraction of sp³-hybridized carbons (Fsp3) is 0.467. The predicted octanol–water partition coefficient (Wildman–Crippen LogP) is 3.92. The van der Waals surface area contributed by atoms with Crippen molar-refractivity contribution in [1.29, 1.82) is 0 Å². The van der Waals surface area contributed by atoms with Crippen LogP contribution >= 0.6 is 0 Å². The van der Waals surface area contributed by atoms with E-state index in [-0.39, 0.29) is 6.10 Å². The third-order valence-corrected chi connectivity index (χ3v) is 3.20. The van der Waals surface area contributed by atoms with Crippen molar-refractivity contribution in [3.05, 3.63) is 29.3 Å². The van der Waals surface area contributed by atoms with Gasteiger partial charge in [0.1, 0.15) is 17.6 Å². The molecule has 1 heterocycles. The molecule has 1 aromatic rings. The molecule has 0 bridgehead atoms. The van der Waals surface area contributed by atoms with E-state index >= 15 is 0 Å². The average Bonchev–Trinajstić information content (AvgIpc) is 2.27. The number of ether oxygens (including phenoxy) is 1. The van der Waals surface area contributed by atoms with Gasteiger partial charge in [0.2, 0.25) is 0 Å². The van der Waals surface area contributed by atoms with E-state index in [2.05, 4.69) is 26.8 Å². The van der Waals surface area contributed by atoms with Crippen molar-refractivity contribution >= 4 is 5.57 Å². The lowest BCUT2D eigenvalue weighted by atomic mass is 9.93. The number of hydrogen-bond donors (Lipinski definition) is 1. The van der Waals surface area contributed by atoms with E-state index in [9.17, 15) is 5.11 Å². The van der Waals surface area contributed by atoms with E-state index in [1.807, 2.05) is 6.07 Å². The molecule has 1 aliphatic rings. The number of hydrogen-bond acceptors (Lipinski definition) is 2.